The minimum atomic E-state index is 0.109. The van der Waals surface area contributed by atoms with Gasteiger partial charge in [-0.3, -0.25) is 9.78 Å². The van der Waals surface area contributed by atoms with Crippen LogP contribution in [0.2, 0.25) is 0 Å². The minimum absolute atomic E-state index is 0.109. The average molecular weight is 308 g/mol. The zero-order valence-electron chi connectivity index (χ0n) is 13.2. The molecule has 2 aromatic rings. The SMILES string of the molecule is C[C@H]1COc2ccc(-c3cccnc3)cc2CN1C(=O)C1CC1. The number of hydrogen-bond acceptors (Lipinski definition) is 3. The Morgan fingerprint density at radius 2 is 2.13 bits per heavy atom. The molecule has 0 bridgehead atoms. The molecule has 0 N–H and O–H groups in total. The minimum Gasteiger partial charge on any atom is -0.491 e. The Kier molecular flexibility index (Phi) is 3.52. The van der Waals surface area contributed by atoms with Gasteiger partial charge in [0.25, 0.3) is 0 Å². The molecule has 0 spiro atoms. The molecule has 2 heterocycles. The summed E-state index contributed by atoms with van der Waals surface area (Å²) < 4.78 is 5.92. The third-order valence-corrected chi connectivity index (χ3v) is 4.62. The van der Waals surface area contributed by atoms with Gasteiger partial charge < -0.3 is 9.64 Å². The summed E-state index contributed by atoms with van der Waals surface area (Å²) >= 11 is 0. The molecular formula is C19H20N2O2. The van der Waals surface area contributed by atoms with Gasteiger partial charge in [0.05, 0.1) is 6.04 Å². The highest BCUT2D eigenvalue weighted by Gasteiger charge is 2.36. The summed E-state index contributed by atoms with van der Waals surface area (Å²) in [4.78, 5) is 18.7. The Balaban J connectivity index is 1.67. The van der Waals surface area contributed by atoms with Crippen molar-refractivity contribution >= 4 is 5.91 Å². The van der Waals surface area contributed by atoms with Crippen molar-refractivity contribution in [2.45, 2.75) is 32.4 Å². The fraction of sp³-hybridized carbons (Fsp3) is 0.368. The predicted octanol–water partition coefficient (Wildman–Crippen LogP) is 3.27. The van der Waals surface area contributed by atoms with E-state index in [-0.39, 0.29) is 17.9 Å². The Hall–Kier alpha value is -2.36. The van der Waals surface area contributed by atoms with E-state index in [9.17, 15) is 4.79 Å². The predicted molar refractivity (Wildman–Crippen MR) is 87.9 cm³/mol. The van der Waals surface area contributed by atoms with E-state index in [2.05, 4.69) is 24.0 Å². The van der Waals surface area contributed by atoms with Crippen molar-refractivity contribution in [2.24, 2.45) is 5.92 Å². The lowest BCUT2D eigenvalue weighted by Gasteiger charge is -2.26. The van der Waals surface area contributed by atoms with Gasteiger partial charge in [-0.1, -0.05) is 12.1 Å². The molecule has 23 heavy (non-hydrogen) atoms. The van der Waals surface area contributed by atoms with E-state index in [0.717, 1.165) is 35.3 Å². The van der Waals surface area contributed by atoms with Crippen molar-refractivity contribution < 1.29 is 9.53 Å². The molecule has 1 aliphatic carbocycles. The first-order chi connectivity index (χ1) is 11.2. The standard InChI is InChI=1S/C19H20N2O2/c1-13-12-23-18-7-6-15(16-3-2-8-20-10-16)9-17(18)11-21(13)19(22)14-4-5-14/h2-3,6-10,13-14H,4-5,11-12H2,1H3/t13-/m0/s1. The number of carbonyl (C=O) groups excluding carboxylic acids is 1. The van der Waals surface area contributed by atoms with E-state index >= 15 is 0 Å². The molecule has 4 nitrogen and oxygen atoms in total. The van der Waals surface area contributed by atoms with Crippen molar-refractivity contribution in [3.05, 3.63) is 48.3 Å². The molecule has 4 heteroatoms. The van der Waals surface area contributed by atoms with E-state index in [0.29, 0.717) is 13.2 Å². The second kappa shape index (κ2) is 5.69. The molecule has 1 saturated carbocycles. The van der Waals surface area contributed by atoms with Crippen LogP contribution < -0.4 is 4.74 Å². The van der Waals surface area contributed by atoms with Crippen LogP contribution in [0.5, 0.6) is 5.75 Å². The summed E-state index contributed by atoms with van der Waals surface area (Å²) in [5.41, 5.74) is 3.26. The number of ether oxygens (including phenoxy) is 1. The van der Waals surface area contributed by atoms with E-state index in [1.807, 2.05) is 29.3 Å². The van der Waals surface area contributed by atoms with Gasteiger partial charge in [0, 0.05) is 36.0 Å². The van der Waals surface area contributed by atoms with Crippen molar-refractivity contribution in [1.82, 2.24) is 9.88 Å². The second-order valence-corrected chi connectivity index (χ2v) is 6.46. The lowest BCUT2D eigenvalue weighted by atomic mass is 10.0. The van der Waals surface area contributed by atoms with Gasteiger partial charge in [-0.05, 0) is 43.5 Å². The maximum absolute atomic E-state index is 12.5. The normalized spacial score (nSPS) is 20.4. The summed E-state index contributed by atoms with van der Waals surface area (Å²) in [6.45, 7) is 3.24. The maximum Gasteiger partial charge on any atom is 0.226 e. The number of hydrogen-bond donors (Lipinski definition) is 0. The lowest BCUT2D eigenvalue weighted by Crippen LogP contribution is -2.40. The fourth-order valence-electron chi connectivity index (χ4n) is 3.06. The summed E-state index contributed by atoms with van der Waals surface area (Å²) in [5, 5.41) is 0. The van der Waals surface area contributed by atoms with E-state index in [4.69, 9.17) is 4.74 Å². The Morgan fingerprint density at radius 1 is 1.26 bits per heavy atom. The highest BCUT2D eigenvalue weighted by atomic mass is 16.5. The lowest BCUT2D eigenvalue weighted by molar-refractivity contribution is -0.135. The molecule has 1 fully saturated rings. The monoisotopic (exact) mass is 308 g/mol. The van der Waals surface area contributed by atoms with Crippen molar-refractivity contribution in [1.29, 1.82) is 0 Å². The molecule has 1 aliphatic heterocycles. The van der Waals surface area contributed by atoms with Gasteiger partial charge in [0.15, 0.2) is 0 Å². The van der Waals surface area contributed by atoms with Crippen LogP contribution in [0, 0.1) is 5.92 Å². The van der Waals surface area contributed by atoms with Crippen LogP contribution in [0.3, 0.4) is 0 Å². The first kappa shape index (κ1) is 14.2. The highest BCUT2D eigenvalue weighted by Crippen LogP contribution is 2.35. The first-order valence-corrected chi connectivity index (χ1v) is 8.19. The van der Waals surface area contributed by atoms with Crippen molar-refractivity contribution in [3.63, 3.8) is 0 Å². The topological polar surface area (TPSA) is 42.4 Å². The molecule has 0 saturated heterocycles. The number of benzene rings is 1. The van der Waals surface area contributed by atoms with Gasteiger partial charge in [-0.25, -0.2) is 0 Å². The molecule has 4 rings (SSSR count). The van der Waals surface area contributed by atoms with Gasteiger partial charge in [0.1, 0.15) is 12.4 Å². The third-order valence-electron chi connectivity index (χ3n) is 4.62. The number of amides is 1. The Bertz CT molecular complexity index is 725. The van der Waals surface area contributed by atoms with Crippen LogP contribution in [0.25, 0.3) is 11.1 Å². The zero-order valence-corrected chi connectivity index (χ0v) is 13.2. The van der Waals surface area contributed by atoms with E-state index in [1.165, 1.54) is 0 Å². The molecule has 1 amide bonds. The van der Waals surface area contributed by atoms with Crippen LogP contribution in [0.1, 0.15) is 25.3 Å². The van der Waals surface area contributed by atoms with Crippen LogP contribution >= 0.6 is 0 Å². The quantitative estimate of drug-likeness (QED) is 0.855. The number of rotatable bonds is 2. The average Bonchev–Trinajstić information content (AvgIpc) is 3.43. The number of fused-ring (bicyclic) bond motifs is 1. The summed E-state index contributed by atoms with van der Waals surface area (Å²) in [5.74, 6) is 1.40. The Labute approximate surface area is 136 Å². The molecule has 2 aliphatic rings. The molecule has 0 radical (unpaired) electrons. The van der Waals surface area contributed by atoms with Crippen LogP contribution in [0.15, 0.2) is 42.7 Å². The molecule has 118 valence electrons. The summed E-state index contributed by atoms with van der Waals surface area (Å²) in [6.07, 6.45) is 5.69. The molecule has 0 unspecified atom stereocenters. The maximum atomic E-state index is 12.5. The van der Waals surface area contributed by atoms with Crippen LogP contribution in [0.4, 0.5) is 0 Å². The fourth-order valence-corrected chi connectivity index (χ4v) is 3.06. The number of aromatic nitrogens is 1. The van der Waals surface area contributed by atoms with Gasteiger partial charge in [-0.15, -0.1) is 0 Å². The van der Waals surface area contributed by atoms with Crippen LogP contribution in [-0.4, -0.2) is 28.4 Å². The van der Waals surface area contributed by atoms with E-state index in [1.54, 1.807) is 6.20 Å². The number of carbonyl (C=O) groups is 1. The van der Waals surface area contributed by atoms with E-state index < -0.39 is 0 Å². The second-order valence-electron chi connectivity index (χ2n) is 6.46. The number of nitrogens with zero attached hydrogens (tertiary/aromatic N) is 2. The first-order valence-electron chi connectivity index (χ1n) is 8.19. The molecule has 1 atom stereocenters. The zero-order chi connectivity index (χ0) is 15.8. The summed E-state index contributed by atoms with van der Waals surface area (Å²) in [7, 11) is 0. The van der Waals surface area contributed by atoms with Crippen molar-refractivity contribution in [2.75, 3.05) is 6.61 Å². The smallest absolute Gasteiger partial charge is 0.226 e. The third kappa shape index (κ3) is 2.81. The largest absolute Gasteiger partial charge is 0.491 e. The van der Waals surface area contributed by atoms with Gasteiger partial charge in [-0.2, -0.15) is 0 Å². The summed E-state index contributed by atoms with van der Waals surface area (Å²) in [6, 6.07) is 10.3. The molecular weight excluding hydrogens is 288 g/mol. The Morgan fingerprint density at radius 3 is 2.87 bits per heavy atom. The van der Waals surface area contributed by atoms with Crippen molar-refractivity contribution in [3.8, 4) is 16.9 Å². The highest BCUT2D eigenvalue weighted by molar-refractivity contribution is 5.81. The van der Waals surface area contributed by atoms with Crippen LogP contribution in [-0.2, 0) is 11.3 Å². The molecule has 1 aromatic heterocycles. The molecule has 1 aromatic carbocycles. The number of pyridine rings is 1. The van der Waals surface area contributed by atoms with Gasteiger partial charge >= 0.3 is 0 Å². The van der Waals surface area contributed by atoms with Gasteiger partial charge in [0.2, 0.25) is 5.91 Å².